The van der Waals surface area contributed by atoms with Crippen LogP contribution in [-0.4, -0.2) is 37.2 Å². The van der Waals surface area contributed by atoms with E-state index in [1.807, 2.05) is 0 Å². The van der Waals surface area contributed by atoms with Gasteiger partial charge in [0.25, 0.3) is 0 Å². The highest BCUT2D eigenvalue weighted by molar-refractivity contribution is 5.71. The zero-order valence-electron chi connectivity index (χ0n) is 37.6. The summed E-state index contributed by atoms with van der Waals surface area (Å²) in [4.78, 5) is 37.7. The summed E-state index contributed by atoms with van der Waals surface area (Å²) < 4.78 is 16.7. The van der Waals surface area contributed by atoms with E-state index in [9.17, 15) is 14.4 Å². The van der Waals surface area contributed by atoms with Crippen LogP contribution in [0.3, 0.4) is 0 Å². The van der Waals surface area contributed by atoms with Crippen molar-refractivity contribution in [2.24, 2.45) is 11.8 Å². The summed E-state index contributed by atoms with van der Waals surface area (Å²) in [7, 11) is 0. The van der Waals surface area contributed by atoms with Gasteiger partial charge in [0.05, 0.1) is 0 Å². The Bertz CT molecular complexity index is 839. The molecule has 0 aliphatic carbocycles. The highest BCUT2D eigenvalue weighted by Crippen LogP contribution is 2.17. The molecule has 0 radical (unpaired) electrons. The van der Waals surface area contributed by atoms with E-state index in [4.69, 9.17) is 14.2 Å². The Labute approximate surface area is 342 Å². The molecule has 0 fully saturated rings. The van der Waals surface area contributed by atoms with E-state index in [0.29, 0.717) is 19.3 Å². The Balaban J connectivity index is 4.25. The van der Waals surface area contributed by atoms with Crippen molar-refractivity contribution < 1.29 is 28.6 Å². The van der Waals surface area contributed by atoms with Gasteiger partial charge in [0, 0.05) is 19.3 Å². The van der Waals surface area contributed by atoms with Gasteiger partial charge in [-0.25, -0.2) is 0 Å². The number of esters is 3. The van der Waals surface area contributed by atoms with Gasteiger partial charge in [-0.05, 0) is 31.1 Å². The predicted octanol–water partition coefficient (Wildman–Crippen LogP) is 15.4. The highest BCUT2D eigenvalue weighted by atomic mass is 16.6. The lowest BCUT2D eigenvalue weighted by Gasteiger charge is -2.18. The second kappa shape index (κ2) is 42.0. The Morgan fingerprint density at radius 3 is 0.891 bits per heavy atom. The van der Waals surface area contributed by atoms with Gasteiger partial charge in [-0.1, -0.05) is 227 Å². The Kier molecular flexibility index (Phi) is 40.8. The minimum atomic E-state index is -0.760. The summed E-state index contributed by atoms with van der Waals surface area (Å²) in [5, 5.41) is 0. The number of hydrogen-bond acceptors (Lipinski definition) is 6. The van der Waals surface area contributed by atoms with Gasteiger partial charge in [0.2, 0.25) is 0 Å². The van der Waals surface area contributed by atoms with E-state index in [2.05, 4.69) is 34.6 Å². The van der Waals surface area contributed by atoms with E-state index in [-0.39, 0.29) is 31.1 Å². The fourth-order valence-corrected chi connectivity index (χ4v) is 7.28. The van der Waals surface area contributed by atoms with Crippen LogP contribution in [0.15, 0.2) is 0 Å². The third kappa shape index (κ3) is 43.4. The molecule has 0 aromatic rings. The van der Waals surface area contributed by atoms with Crippen LogP contribution < -0.4 is 0 Å². The Morgan fingerprint density at radius 2 is 0.600 bits per heavy atom. The van der Waals surface area contributed by atoms with Crippen molar-refractivity contribution in [2.75, 3.05) is 13.2 Å². The predicted molar refractivity (Wildman–Crippen MR) is 233 cm³/mol. The first-order valence-corrected chi connectivity index (χ1v) is 24.2. The van der Waals surface area contributed by atoms with Crippen molar-refractivity contribution in [1.29, 1.82) is 0 Å². The van der Waals surface area contributed by atoms with Gasteiger partial charge in [-0.3, -0.25) is 14.4 Å². The lowest BCUT2D eigenvalue weighted by atomic mass is 10.0. The van der Waals surface area contributed by atoms with Crippen molar-refractivity contribution >= 4 is 17.9 Å². The fourth-order valence-electron chi connectivity index (χ4n) is 7.28. The minimum absolute atomic E-state index is 0.0647. The standard InChI is InChI=1S/C49H94O6/c1-6-7-8-9-10-11-19-25-31-36-41-49(52)55-46(43-54-48(51)40-35-30-26-21-23-28-33-38-45(4)5)42-53-47(50)39-34-29-24-20-17-15-13-12-14-16-18-22-27-32-37-44(2)3/h44-46H,6-43H2,1-5H3/t46-/m0/s1. The van der Waals surface area contributed by atoms with Gasteiger partial charge < -0.3 is 14.2 Å². The molecule has 6 heteroatoms. The van der Waals surface area contributed by atoms with Crippen LogP contribution in [0.5, 0.6) is 0 Å². The molecule has 0 heterocycles. The summed E-state index contributed by atoms with van der Waals surface area (Å²) in [6, 6.07) is 0. The molecule has 0 N–H and O–H groups in total. The number of rotatable bonds is 43. The lowest BCUT2D eigenvalue weighted by molar-refractivity contribution is -0.167. The first kappa shape index (κ1) is 53.4. The molecule has 0 amide bonds. The molecular weight excluding hydrogens is 685 g/mol. The maximum Gasteiger partial charge on any atom is 0.306 e. The molecule has 0 aromatic heterocycles. The average Bonchev–Trinajstić information content (AvgIpc) is 3.15. The second-order valence-electron chi connectivity index (χ2n) is 17.7. The van der Waals surface area contributed by atoms with Gasteiger partial charge >= 0.3 is 17.9 Å². The van der Waals surface area contributed by atoms with Gasteiger partial charge in [-0.15, -0.1) is 0 Å². The second-order valence-corrected chi connectivity index (χ2v) is 17.7. The van der Waals surface area contributed by atoms with Crippen LogP contribution in [0.4, 0.5) is 0 Å². The molecular formula is C49H94O6. The summed E-state index contributed by atoms with van der Waals surface area (Å²) in [6.07, 6.45) is 41.0. The number of ether oxygens (including phenoxy) is 3. The van der Waals surface area contributed by atoms with E-state index in [1.54, 1.807) is 0 Å². The lowest BCUT2D eigenvalue weighted by Crippen LogP contribution is -2.30. The number of carbonyl (C=O) groups is 3. The molecule has 0 aliphatic heterocycles. The maximum absolute atomic E-state index is 12.7. The zero-order chi connectivity index (χ0) is 40.5. The van der Waals surface area contributed by atoms with Gasteiger partial charge in [0.1, 0.15) is 13.2 Å². The molecule has 0 spiro atoms. The molecule has 0 bridgehead atoms. The normalized spacial score (nSPS) is 12.1. The van der Waals surface area contributed by atoms with E-state index < -0.39 is 6.10 Å². The summed E-state index contributed by atoms with van der Waals surface area (Å²) >= 11 is 0. The van der Waals surface area contributed by atoms with Crippen LogP contribution in [0.2, 0.25) is 0 Å². The van der Waals surface area contributed by atoms with Crippen LogP contribution >= 0.6 is 0 Å². The molecule has 0 rings (SSSR count). The van der Waals surface area contributed by atoms with Crippen molar-refractivity contribution in [2.45, 2.75) is 272 Å². The Hall–Kier alpha value is -1.59. The monoisotopic (exact) mass is 779 g/mol. The first-order chi connectivity index (χ1) is 26.7. The third-order valence-corrected chi connectivity index (χ3v) is 11.0. The molecule has 55 heavy (non-hydrogen) atoms. The topological polar surface area (TPSA) is 78.9 Å². The number of unbranched alkanes of at least 4 members (excludes halogenated alkanes) is 28. The molecule has 1 atom stereocenters. The Morgan fingerprint density at radius 1 is 0.345 bits per heavy atom. The fraction of sp³-hybridized carbons (Fsp3) is 0.939. The average molecular weight is 779 g/mol. The molecule has 0 unspecified atom stereocenters. The molecule has 0 aliphatic rings. The zero-order valence-corrected chi connectivity index (χ0v) is 37.6. The SMILES string of the molecule is CCCCCCCCCCCCC(=O)O[C@@H](COC(=O)CCCCCCCCCCCCCCCCC(C)C)COC(=O)CCCCCCCCCC(C)C. The third-order valence-electron chi connectivity index (χ3n) is 11.0. The van der Waals surface area contributed by atoms with Crippen molar-refractivity contribution in [3.8, 4) is 0 Å². The van der Waals surface area contributed by atoms with E-state index in [0.717, 1.165) is 69.6 Å². The number of hydrogen-bond donors (Lipinski definition) is 0. The van der Waals surface area contributed by atoms with E-state index in [1.165, 1.54) is 154 Å². The van der Waals surface area contributed by atoms with Crippen molar-refractivity contribution in [3.63, 3.8) is 0 Å². The van der Waals surface area contributed by atoms with Crippen LogP contribution in [-0.2, 0) is 28.6 Å². The summed E-state index contributed by atoms with van der Waals surface area (Å²) in [5.41, 5.74) is 0. The minimum Gasteiger partial charge on any atom is -0.462 e. The van der Waals surface area contributed by atoms with Crippen molar-refractivity contribution in [3.05, 3.63) is 0 Å². The molecule has 326 valence electrons. The number of carbonyl (C=O) groups excluding carboxylic acids is 3. The van der Waals surface area contributed by atoms with Crippen LogP contribution in [0.1, 0.15) is 266 Å². The van der Waals surface area contributed by atoms with Gasteiger partial charge in [0.15, 0.2) is 6.10 Å². The molecule has 0 saturated heterocycles. The molecule has 0 saturated carbocycles. The van der Waals surface area contributed by atoms with Crippen molar-refractivity contribution in [1.82, 2.24) is 0 Å². The quantitative estimate of drug-likeness (QED) is 0.0348. The maximum atomic E-state index is 12.7. The first-order valence-electron chi connectivity index (χ1n) is 24.2. The van der Waals surface area contributed by atoms with E-state index >= 15 is 0 Å². The van der Waals surface area contributed by atoms with Crippen LogP contribution in [0, 0.1) is 11.8 Å². The molecule has 0 aromatic carbocycles. The summed E-state index contributed by atoms with van der Waals surface area (Å²) in [6.45, 7) is 11.3. The largest absolute Gasteiger partial charge is 0.462 e. The van der Waals surface area contributed by atoms with Gasteiger partial charge in [-0.2, -0.15) is 0 Å². The summed E-state index contributed by atoms with van der Waals surface area (Å²) in [5.74, 6) is 0.770. The van der Waals surface area contributed by atoms with Crippen LogP contribution in [0.25, 0.3) is 0 Å². The smallest absolute Gasteiger partial charge is 0.306 e. The molecule has 6 nitrogen and oxygen atoms in total. The highest BCUT2D eigenvalue weighted by Gasteiger charge is 2.19.